The van der Waals surface area contributed by atoms with E-state index in [1.807, 2.05) is 24.3 Å². The molecule has 0 aromatic heterocycles. The molecule has 0 aliphatic rings. The second-order valence-electron chi connectivity index (χ2n) is 5.08. The van der Waals surface area contributed by atoms with Gasteiger partial charge >= 0.3 is 5.97 Å². The maximum absolute atomic E-state index is 12.4. The van der Waals surface area contributed by atoms with Crippen molar-refractivity contribution in [2.75, 3.05) is 21.3 Å². The van der Waals surface area contributed by atoms with Gasteiger partial charge in [-0.2, -0.15) is 0 Å². The molecule has 1 amide bonds. The van der Waals surface area contributed by atoms with Gasteiger partial charge in [0.15, 0.2) is 0 Å². The van der Waals surface area contributed by atoms with Crippen molar-refractivity contribution >= 4 is 11.9 Å². The van der Waals surface area contributed by atoms with Crippen molar-refractivity contribution in [3.8, 4) is 5.75 Å². The summed E-state index contributed by atoms with van der Waals surface area (Å²) in [6.07, 6.45) is 0. The van der Waals surface area contributed by atoms with Gasteiger partial charge in [-0.15, -0.1) is 0 Å². The fraction of sp³-hybridized carbons (Fsp3) is 0.222. The van der Waals surface area contributed by atoms with E-state index in [1.165, 1.54) is 7.11 Å². The van der Waals surface area contributed by atoms with Crippen molar-refractivity contribution in [1.82, 2.24) is 4.90 Å². The quantitative estimate of drug-likeness (QED) is 0.797. The summed E-state index contributed by atoms with van der Waals surface area (Å²) >= 11 is 0. The summed E-state index contributed by atoms with van der Waals surface area (Å²) in [4.78, 5) is 25.4. The van der Waals surface area contributed by atoms with Crippen LogP contribution in [0.5, 0.6) is 5.75 Å². The fourth-order valence-corrected chi connectivity index (χ4v) is 2.16. The fourth-order valence-electron chi connectivity index (χ4n) is 2.16. The van der Waals surface area contributed by atoms with Crippen LogP contribution in [0.25, 0.3) is 0 Å². The zero-order chi connectivity index (χ0) is 16.8. The Morgan fingerprint density at radius 2 is 1.48 bits per heavy atom. The summed E-state index contributed by atoms with van der Waals surface area (Å²) in [5.74, 6) is 0.244. The maximum atomic E-state index is 12.4. The number of hydrogen-bond acceptors (Lipinski definition) is 4. The number of ether oxygens (including phenoxy) is 2. The van der Waals surface area contributed by atoms with Gasteiger partial charge in [0.05, 0.1) is 19.8 Å². The Kier molecular flexibility index (Phi) is 5.36. The minimum absolute atomic E-state index is 0.114. The van der Waals surface area contributed by atoms with Crippen LogP contribution < -0.4 is 4.74 Å². The number of nitrogens with zero attached hydrogens (tertiary/aromatic N) is 1. The molecular weight excluding hydrogens is 294 g/mol. The molecule has 0 fully saturated rings. The predicted molar refractivity (Wildman–Crippen MR) is 86.6 cm³/mol. The van der Waals surface area contributed by atoms with Gasteiger partial charge < -0.3 is 14.4 Å². The van der Waals surface area contributed by atoms with E-state index in [4.69, 9.17) is 4.74 Å². The summed E-state index contributed by atoms with van der Waals surface area (Å²) in [7, 11) is 4.67. The molecular formula is C18H19NO4. The molecule has 0 spiro atoms. The Morgan fingerprint density at radius 3 is 2.00 bits per heavy atom. The third kappa shape index (κ3) is 4.10. The smallest absolute Gasteiger partial charge is 0.337 e. The van der Waals surface area contributed by atoms with Crippen LogP contribution in [0.2, 0.25) is 0 Å². The van der Waals surface area contributed by atoms with E-state index >= 15 is 0 Å². The van der Waals surface area contributed by atoms with Crippen LogP contribution in [0.3, 0.4) is 0 Å². The van der Waals surface area contributed by atoms with Gasteiger partial charge in [0.1, 0.15) is 5.75 Å². The van der Waals surface area contributed by atoms with Crippen LogP contribution >= 0.6 is 0 Å². The van der Waals surface area contributed by atoms with E-state index in [0.717, 1.165) is 11.3 Å². The Hall–Kier alpha value is -2.82. The SMILES string of the molecule is COC(=O)c1ccc(C(=O)N(C)Cc2ccc(OC)cc2)cc1. The zero-order valence-corrected chi connectivity index (χ0v) is 13.4. The van der Waals surface area contributed by atoms with E-state index in [0.29, 0.717) is 17.7 Å². The molecule has 0 N–H and O–H groups in total. The van der Waals surface area contributed by atoms with Crippen LogP contribution in [0.4, 0.5) is 0 Å². The average Bonchev–Trinajstić information content (AvgIpc) is 2.61. The lowest BCUT2D eigenvalue weighted by atomic mass is 10.1. The first-order valence-electron chi connectivity index (χ1n) is 7.12. The first-order chi connectivity index (χ1) is 11.0. The first kappa shape index (κ1) is 16.5. The Bertz CT molecular complexity index is 677. The highest BCUT2D eigenvalue weighted by Crippen LogP contribution is 2.14. The van der Waals surface area contributed by atoms with Crippen molar-refractivity contribution in [3.05, 3.63) is 65.2 Å². The largest absolute Gasteiger partial charge is 0.497 e. The minimum Gasteiger partial charge on any atom is -0.497 e. The highest BCUT2D eigenvalue weighted by molar-refractivity contribution is 5.96. The van der Waals surface area contributed by atoms with E-state index in [2.05, 4.69) is 4.74 Å². The number of carbonyl (C=O) groups excluding carboxylic acids is 2. The molecule has 5 nitrogen and oxygen atoms in total. The summed E-state index contributed by atoms with van der Waals surface area (Å²) in [5.41, 5.74) is 1.95. The molecule has 2 aromatic carbocycles. The molecule has 0 bridgehead atoms. The molecule has 0 heterocycles. The van der Waals surface area contributed by atoms with Crippen LogP contribution in [-0.2, 0) is 11.3 Å². The lowest BCUT2D eigenvalue weighted by Gasteiger charge is -2.17. The topological polar surface area (TPSA) is 55.8 Å². The van der Waals surface area contributed by atoms with Gasteiger partial charge in [-0.1, -0.05) is 12.1 Å². The van der Waals surface area contributed by atoms with Crippen LogP contribution in [0.1, 0.15) is 26.3 Å². The molecule has 2 aromatic rings. The molecule has 0 radical (unpaired) electrons. The molecule has 0 unspecified atom stereocenters. The second-order valence-corrected chi connectivity index (χ2v) is 5.08. The first-order valence-corrected chi connectivity index (χ1v) is 7.12. The molecule has 23 heavy (non-hydrogen) atoms. The van der Waals surface area contributed by atoms with Crippen LogP contribution in [0, 0.1) is 0 Å². The van der Waals surface area contributed by atoms with Gasteiger partial charge in [0.2, 0.25) is 0 Å². The molecule has 2 rings (SSSR count). The van der Waals surface area contributed by atoms with Gasteiger partial charge in [-0.3, -0.25) is 4.79 Å². The van der Waals surface area contributed by atoms with Crippen molar-refractivity contribution in [2.45, 2.75) is 6.54 Å². The summed E-state index contributed by atoms with van der Waals surface area (Å²) in [5, 5.41) is 0. The number of carbonyl (C=O) groups is 2. The van der Waals surface area contributed by atoms with Crippen molar-refractivity contribution in [2.24, 2.45) is 0 Å². The normalized spacial score (nSPS) is 10.0. The van der Waals surface area contributed by atoms with Crippen LogP contribution in [0.15, 0.2) is 48.5 Å². The van der Waals surface area contributed by atoms with Crippen molar-refractivity contribution in [3.63, 3.8) is 0 Å². The van der Waals surface area contributed by atoms with Crippen LogP contribution in [-0.4, -0.2) is 38.0 Å². The number of amides is 1. The zero-order valence-electron chi connectivity index (χ0n) is 13.4. The lowest BCUT2D eigenvalue weighted by Crippen LogP contribution is -2.26. The second kappa shape index (κ2) is 7.45. The van der Waals surface area contributed by atoms with Crippen molar-refractivity contribution < 1.29 is 19.1 Å². The third-order valence-electron chi connectivity index (χ3n) is 3.48. The summed E-state index contributed by atoms with van der Waals surface area (Å²) in [6, 6.07) is 14.0. The number of esters is 1. The Labute approximate surface area is 135 Å². The Morgan fingerprint density at radius 1 is 0.913 bits per heavy atom. The lowest BCUT2D eigenvalue weighted by molar-refractivity contribution is 0.0600. The van der Waals surface area contributed by atoms with Crippen molar-refractivity contribution in [1.29, 1.82) is 0 Å². The molecule has 0 saturated carbocycles. The number of hydrogen-bond donors (Lipinski definition) is 0. The van der Waals surface area contributed by atoms with Gasteiger partial charge in [-0.25, -0.2) is 4.79 Å². The number of benzene rings is 2. The van der Waals surface area contributed by atoms with E-state index in [-0.39, 0.29) is 5.91 Å². The third-order valence-corrected chi connectivity index (χ3v) is 3.48. The molecule has 120 valence electrons. The number of rotatable bonds is 5. The molecule has 0 atom stereocenters. The number of methoxy groups -OCH3 is 2. The summed E-state index contributed by atoms with van der Waals surface area (Å²) in [6.45, 7) is 0.488. The average molecular weight is 313 g/mol. The van der Waals surface area contributed by atoms with Gasteiger partial charge in [0, 0.05) is 19.2 Å². The molecule has 0 aliphatic heterocycles. The van der Waals surface area contributed by atoms with Gasteiger partial charge in [0.25, 0.3) is 5.91 Å². The molecule has 0 saturated heterocycles. The van der Waals surface area contributed by atoms with E-state index in [9.17, 15) is 9.59 Å². The standard InChI is InChI=1S/C18H19NO4/c1-19(12-13-4-10-16(22-2)11-5-13)17(20)14-6-8-15(9-7-14)18(21)23-3/h4-11H,12H2,1-3H3. The minimum atomic E-state index is -0.421. The Balaban J connectivity index is 2.05. The van der Waals surface area contributed by atoms with Gasteiger partial charge in [-0.05, 0) is 42.0 Å². The molecule has 0 aliphatic carbocycles. The predicted octanol–water partition coefficient (Wildman–Crippen LogP) is 2.75. The highest BCUT2D eigenvalue weighted by Gasteiger charge is 2.13. The molecule has 5 heteroatoms. The van der Waals surface area contributed by atoms with E-state index < -0.39 is 5.97 Å². The monoisotopic (exact) mass is 313 g/mol. The van der Waals surface area contributed by atoms with E-state index in [1.54, 1.807) is 43.3 Å². The highest BCUT2D eigenvalue weighted by atomic mass is 16.5. The summed E-state index contributed by atoms with van der Waals surface area (Å²) < 4.78 is 9.75. The maximum Gasteiger partial charge on any atom is 0.337 e.